The van der Waals surface area contributed by atoms with E-state index in [1.165, 1.54) is 6.07 Å². The van der Waals surface area contributed by atoms with Gasteiger partial charge in [-0.25, -0.2) is 4.39 Å². The van der Waals surface area contributed by atoms with Crippen molar-refractivity contribution < 1.29 is 9.13 Å². The molecule has 106 valence electrons. The van der Waals surface area contributed by atoms with Crippen LogP contribution in [0, 0.1) is 5.82 Å². The van der Waals surface area contributed by atoms with E-state index in [1.54, 1.807) is 6.07 Å². The monoisotopic (exact) mass is 336 g/mol. The Bertz CT molecular complexity index is 551. The van der Waals surface area contributed by atoms with Crippen LogP contribution >= 0.6 is 15.9 Å². The highest BCUT2D eigenvalue weighted by atomic mass is 79.9. The summed E-state index contributed by atoms with van der Waals surface area (Å²) in [4.78, 5) is 0.0903. The molecule has 3 heteroatoms. The second-order valence-electron chi connectivity index (χ2n) is 5.00. The number of rotatable bonds is 5. The van der Waals surface area contributed by atoms with Gasteiger partial charge in [0.15, 0.2) is 0 Å². The van der Waals surface area contributed by atoms with Gasteiger partial charge in [0.25, 0.3) is 0 Å². The summed E-state index contributed by atoms with van der Waals surface area (Å²) in [5.74, 6) is 0.700. The molecule has 1 unspecified atom stereocenters. The summed E-state index contributed by atoms with van der Waals surface area (Å²) in [6.07, 6.45) is 0.788. The summed E-state index contributed by atoms with van der Waals surface area (Å²) in [6.45, 7) is 4.00. The zero-order valence-electron chi connectivity index (χ0n) is 11.6. The van der Waals surface area contributed by atoms with Crippen molar-refractivity contribution in [3.63, 3.8) is 0 Å². The summed E-state index contributed by atoms with van der Waals surface area (Å²) in [7, 11) is 0. The smallest absolute Gasteiger partial charge is 0.126 e. The Morgan fingerprint density at radius 1 is 1.05 bits per heavy atom. The molecule has 0 fully saturated rings. The van der Waals surface area contributed by atoms with Gasteiger partial charge in [-0.3, -0.25) is 0 Å². The zero-order valence-corrected chi connectivity index (χ0v) is 13.2. The van der Waals surface area contributed by atoms with E-state index in [-0.39, 0.29) is 16.7 Å². The van der Waals surface area contributed by atoms with Crippen LogP contribution in [0.5, 0.6) is 5.75 Å². The molecule has 2 aromatic rings. The van der Waals surface area contributed by atoms with Gasteiger partial charge in [0, 0.05) is 4.83 Å². The number of halogens is 2. The molecule has 0 aromatic heterocycles. The SMILES string of the molecule is CC(C)Oc1ccc(C(Br)Cc2ccccc2F)cc1. The van der Waals surface area contributed by atoms with Gasteiger partial charge in [0.2, 0.25) is 0 Å². The fraction of sp³-hybridized carbons (Fsp3) is 0.294. The van der Waals surface area contributed by atoms with Crippen LogP contribution in [0.4, 0.5) is 4.39 Å². The summed E-state index contributed by atoms with van der Waals surface area (Å²) >= 11 is 3.62. The maximum Gasteiger partial charge on any atom is 0.126 e. The minimum Gasteiger partial charge on any atom is -0.491 e. The molecule has 0 N–H and O–H groups in total. The third-order valence-electron chi connectivity index (χ3n) is 2.97. The van der Waals surface area contributed by atoms with Crippen LogP contribution < -0.4 is 4.74 Å². The minimum atomic E-state index is -0.156. The van der Waals surface area contributed by atoms with E-state index in [1.807, 2.05) is 50.2 Å². The molecule has 0 spiro atoms. The van der Waals surface area contributed by atoms with E-state index < -0.39 is 0 Å². The number of hydrogen-bond acceptors (Lipinski definition) is 1. The second kappa shape index (κ2) is 6.89. The standard InChI is InChI=1S/C17H18BrFO/c1-12(2)20-15-9-7-13(8-10-15)16(18)11-14-5-3-4-6-17(14)19/h3-10,12,16H,11H2,1-2H3. The van der Waals surface area contributed by atoms with Crippen molar-refractivity contribution >= 4 is 15.9 Å². The predicted molar refractivity (Wildman–Crippen MR) is 84.0 cm³/mol. The quantitative estimate of drug-likeness (QED) is 0.674. The van der Waals surface area contributed by atoms with E-state index >= 15 is 0 Å². The minimum absolute atomic E-state index is 0.0903. The first-order valence-corrected chi connectivity index (χ1v) is 7.62. The van der Waals surface area contributed by atoms with Crippen LogP contribution in [0.15, 0.2) is 48.5 Å². The van der Waals surface area contributed by atoms with Crippen molar-refractivity contribution in [1.82, 2.24) is 0 Å². The van der Waals surface area contributed by atoms with Gasteiger partial charge in [-0.2, -0.15) is 0 Å². The molecule has 20 heavy (non-hydrogen) atoms. The van der Waals surface area contributed by atoms with Crippen molar-refractivity contribution in [2.75, 3.05) is 0 Å². The molecule has 0 aliphatic rings. The van der Waals surface area contributed by atoms with Crippen LogP contribution in [0.25, 0.3) is 0 Å². The van der Waals surface area contributed by atoms with Gasteiger partial charge in [0.1, 0.15) is 11.6 Å². The van der Waals surface area contributed by atoms with Crippen molar-refractivity contribution in [2.45, 2.75) is 31.2 Å². The number of benzene rings is 2. The highest BCUT2D eigenvalue weighted by molar-refractivity contribution is 9.09. The lowest BCUT2D eigenvalue weighted by atomic mass is 10.0. The summed E-state index contributed by atoms with van der Waals surface area (Å²) < 4.78 is 19.2. The number of hydrogen-bond donors (Lipinski definition) is 0. The third-order valence-corrected chi connectivity index (χ3v) is 3.82. The first kappa shape index (κ1) is 15.0. The van der Waals surface area contributed by atoms with E-state index in [9.17, 15) is 4.39 Å². The normalized spacial score (nSPS) is 12.4. The van der Waals surface area contributed by atoms with Gasteiger partial charge in [-0.1, -0.05) is 46.3 Å². The molecule has 0 saturated heterocycles. The highest BCUT2D eigenvalue weighted by Gasteiger charge is 2.11. The average molecular weight is 337 g/mol. The van der Waals surface area contributed by atoms with Gasteiger partial charge < -0.3 is 4.74 Å². The fourth-order valence-corrected chi connectivity index (χ4v) is 2.66. The van der Waals surface area contributed by atoms with E-state index in [2.05, 4.69) is 15.9 Å². The molecule has 2 aromatic carbocycles. The van der Waals surface area contributed by atoms with Crippen LogP contribution in [0.2, 0.25) is 0 Å². The molecule has 0 aliphatic heterocycles. The Kier molecular flexibility index (Phi) is 5.18. The summed E-state index contributed by atoms with van der Waals surface area (Å²) in [5, 5.41) is 0. The molecule has 2 rings (SSSR count). The summed E-state index contributed by atoms with van der Waals surface area (Å²) in [5.41, 5.74) is 1.83. The van der Waals surface area contributed by atoms with Crippen molar-refractivity contribution in [1.29, 1.82) is 0 Å². The lowest BCUT2D eigenvalue weighted by molar-refractivity contribution is 0.242. The maximum atomic E-state index is 13.6. The Hall–Kier alpha value is -1.35. The van der Waals surface area contributed by atoms with Gasteiger partial charge in [0.05, 0.1) is 6.10 Å². The number of alkyl halides is 1. The highest BCUT2D eigenvalue weighted by Crippen LogP contribution is 2.29. The fourth-order valence-electron chi connectivity index (χ4n) is 2.00. The Morgan fingerprint density at radius 3 is 2.30 bits per heavy atom. The summed E-state index contributed by atoms with van der Waals surface area (Å²) in [6, 6.07) is 14.8. The molecule has 0 amide bonds. The topological polar surface area (TPSA) is 9.23 Å². The van der Waals surface area contributed by atoms with Crippen LogP contribution in [-0.2, 0) is 6.42 Å². The lowest BCUT2D eigenvalue weighted by Crippen LogP contribution is -2.05. The molecule has 0 bridgehead atoms. The molecule has 1 atom stereocenters. The molecule has 0 aliphatic carbocycles. The van der Waals surface area contributed by atoms with Crippen LogP contribution in [-0.4, -0.2) is 6.10 Å². The molecule has 0 heterocycles. The molecule has 0 radical (unpaired) electrons. The first-order valence-electron chi connectivity index (χ1n) is 6.70. The van der Waals surface area contributed by atoms with Gasteiger partial charge in [-0.15, -0.1) is 0 Å². The van der Waals surface area contributed by atoms with Crippen molar-refractivity contribution in [3.05, 3.63) is 65.5 Å². The molecule has 1 nitrogen and oxygen atoms in total. The lowest BCUT2D eigenvalue weighted by Gasteiger charge is -2.13. The Balaban J connectivity index is 2.06. The largest absolute Gasteiger partial charge is 0.491 e. The first-order chi connectivity index (χ1) is 9.56. The van der Waals surface area contributed by atoms with E-state index in [4.69, 9.17) is 4.74 Å². The van der Waals surface area contributed by atoms with Crippen molar-refractivity contribution in [3.8, 4) is 5.75 Å². The zero-order chi connectivity index (χ0) is 14.5. The Labute approximate surface area is 127 Å². The van der Waals surface area contributed by atoms with E-state index in [0.717, 1.165) is 16.9 Å². The molecular weight excluding hydrogens is 319 g/mol. The van der Waals surface area contributed by atoms with Gasteiger partial charge >= 0.3 is 0 Å². The Morgan fingerprint density at radius 2 is 1.70 bits per heavy atom. The van der Waals surface area contributed by atoms with Crippen LogP contribution in [0.3, 0.4) is 0 Å². The predicted octanol–water partition coefficient (Wildman–Crippen LogP) is 5.29. The molecular formula is C17H18BrFO. The maximum absolute atomic E-state index is 13.6. The van der Waals surface area contributed by atoms with E-state index in [0.29, 0.717) is 6.42 Å². The van der Waals surface area contributed by atoms with Crippen molar-refractivity contribution in [2.24, 2.45) is 0 Å². The van der Waals surface area contributed by atoms with Crippen LogP contribution in [0.1, 0.15) is 29.8 Å². The van der Waals surface area contributed by atoms with Gasteiger partial charge in [-0.05, 0) is 49.6 Å². The second-order valence-corrected chi connectivity index (χ2v) is 6.10. The molecule has 0 saturated carbocycles. The number of ether oxygens (including phenoxy) is 1. The average Bonchev–Trinajstić information content (AvgIpc) is 2.41. The third kappa shape index (κ3) is 4.07.